The van der Waals surface area contributed by atoms with Crippen molar-refractivity contribution < 1.29 is 4.79 Å². The van der Waals surface area contributed by atoms with E-state index in [0.717, 1.165) is 11.0 Å². The summed E-state index contributed by atoms with van der Waals surface area (Å²) >= 11 is 13.2. The summed E-state index contributed by atoms with van der Waals surface area (Å²) in [6.07, 6.45) is 1.57. The maximum absolute atomic E-state index is 12.3. The van der Waals surface area contributed by atoms with Gasteiger partial charge >= 0.3 is 0 Å². The fourth-order valence-electron chi connectivity index (χ4n) is 2.38. The largest absolute Gasteiger partial charge is 0.337 e. The van der Waals surface area contributed by atoms with Crippen LogP contribution in [-0.4, -0.2) is 20.9 Å². The van der Waals surface area contributed by atoms with Crippen molar-refractivity contribution >= 4 is 57.2 Å². The van der Waals surface area contributed by atoms with E-state index in [9.17, 15) is 4.79 Å². The zero-order chi connectivity index (χ0) is 17.4. The predicted molar refractivity (Wildman–Crippen MR) is 102 cm³/mol. The van der Waals surface area contributed by atoms with Gasteiger partial charge in [-0.2, -0.15) is 0 Å². The molecule has 2 N–H and O–H groups in total. The van der Waals surface area contributed by atoms with Crippen molar-refractivity contribution in [3.8, 4) is 11.5 Å². The van der Waals surface area contributed by atoms with Crippen molar-refractivity contribution in [1.82, 2.24) is 15.0 Å². The van der Waals surface area contributed by atoms with E-state index in [0.29, 0.717) is 32.1 Å². The first-order chi connectivity index (χ1) is 12.1. The van der Waals surface area contributed by atoms with Crippen molar-refractivity contribution in [1.29, 1.82) is 0 Å². The number of imidazole rings is 1. The molecule has 124 valence electrons. The predicted octanol–water partition coefficient (Wildman–Crippen LogP) is 5.25. The zero-order valence-electron chi connectivity index (χ0n) is 12.6. The second-order valence-corrected chi connectivity index (χ2v) is 7.20. The van der Waals surface area contributed by atoms with Gasteiger partial charge in [0.1, 0.15) is 10.0 Å². The Hall–Kier alpha value is -2.41. The van der Waals surface area contributed by atoms with Gasteiger partial charge in [-0.15, -0.1) is 11.3 Å². The van der Waals surface area contributed by atoms with E-state index < -0.39 is 0 Å². The topological polar surface area (TPSA) is 70.7 Å². The van der Waals surface area contributed by atoms with Crippen LogP contribution in [0.4, 0.5) is 5.69 Å². The van der Waals surface area contributed by atoms with Crippen molar-refractivity contribution in [3.05, 3.63) is 62.9 Å². The monoisotopic (exact) mass is 388 g/mol. The quantitative estimate of drug-likeness (QED) is 0.503. The lowest BCUT2D eigenvalue weighted by molar-refractivity contribution is 0.102. The van der Waals surface area contributed by atoms with Gasteiger partial charge in [-0.05, 0) is 41.8 Å². The van der Waals surface area contributed by atoms with Gasteiger partial charge in [0.2, 0.25) is 0 Å². The Kier molecular flexibility index (Phi) is 4.17. The number of nitrogens with one attached hydrogen (secondary N) is 2. The molecule has 1 amide bonds. The van der Waals surface area contributed by atoms with Gasteiger partial charge in [-0.25, -0.2) is 4.98 Å². The van der Waals surface area contributed by atoms with Crippen LogP contribution in [0.1, 0.15) is 10.4 Å². The summed E-state index contributed by atoms with van der Waals surface area (Å²) in [7, 11) is 0. The van der Waals surface area contributed by atoms with Gasteiger partial charge in [0.15, 0.2) is 5.82 Å². The molecule has 25 heavy (non-hydrogen) atoms. The molecule has 0 saturated carbocycles. The number of aromatic nitrogens is 3. The molecular weight excluding hydrogens is 379 g/mol. The zero-order valence-corrected chi connectivity index (χ0v) is 14.9. The Labute approximate surface area is 156 Å². The van der Waals surface area contributed by atoms with E-state index >= 15 is 0 Å². The van der Waals surface area contributed by atoms with Crippen molar-refractivity contribution in [2.24, 2.45) is 0 Å². The third-order valence-electron chi connectivity index (χ3n) is 3.57. The molecular formula is C17H10Cl2N4OS. The first kappa shape index (κ1) is 16.1. The molecule has 3 heterocycles. The highest BCUT2D eigenvalue weighted by Crippen LogP contribution is 2.25. The Balaban J connectivity index is 1.63. The fourth-order valence-corrected chi connectivity index (χ4v) is 3.40. The second kappa shape index (κ2) is 6.48. The van der Waals surface area contributed by atoms with Crippen LogP contribution in [0, 0.1) is 0 Å². The molecule has 0 aliphatic heterocycles. The summed E-state index contributed by atoms with van der Waals surface area (Å²) in [5.41, 5.74) is 3.37. The first-order valence-electron chi connectivity index (χ1n) is 7.26. The lowest BCUT2D eigenvalue weighted by Gasteiger charge is -2.04. The normalized spacial score (nSPS) is 11.0. The van der Waals surface area contributed by atoms with Gasteiger partial charge in [-0.3, -0.25) is 9.78 Å². The molecule has 0 radical (unpaired) electrons. The Morgan fingerprint density at radius 1 is 1.16 bits per heavy atom. The van der Waals surface area contributed by atoms with Crippen LogP contribution < -0.4 is 5.32 Å². The summed E-state index contributed by atoms with van der Waals surface area (Å²) in [6, 6.07) is 10.7. The standard InChI is InChI=1S/C17H10Cl2N4OS/c18-9-1-3-13(20-8-9)16-22-12-4-2-10(7-14(12)23-16)21-17(24)11-5-6-25-15(11)19/h1-8H,(H,21,24)(H,22,23). The number of fused-ring (bicyclic) bond motifs is 1. The lowest BCUT2D eigenvalue weighted by Crippen LogP contribution is -2.11. The number of thiophene rings is 1. The summed E-state index contributed by atoms with van der Waals surface area (Å²) < 4.78 is 0.469. The minimum absolute atomic E-state index is 0.246. The number of halogens is 2. The molecule has 4 aromatic rings. The molecule has 0 bridgehead atoms. The molecule has 0 atom stereocenters. The highest BCUT2D eigenvalue weighted by atomic mass is 35.5. The van der Waals surface area contributed by atoms with E-state index in [2.05, 4.69) is 20.3 Å². The van der Waals surface area contributed by atoms with Crippen LogP contribution in [0.5, 0.6) is 0 Å². The summed E-state index contributed by atoms with van der Waals surface area (Å²) in [4.78, 5) is 24.2. The Bertz CT molecular complexity index is 1070. The number of amides is 1. The molecule has 4 rings (SSSR count). The van der Waals surface area contributed by atoms with Crippen LogP contribution in [0.2, 0.25) is 9.36 Å². The van der Waals surface area contributed by atoms with E-state index in [4.69, 9.17) is 23.2 Å². The molecule has 0 saturated heterocycles. The first-order valence-corrected chi connectivity index (χ1v) is 8.90. The minimum atomic E-state index is -0.246. The van der Waals surface area contributed by atoms with Crippen molar-refractivity contribution in [3.63, 3.8) is 0 Å². The number of carbonyl (C=O) groups is 1. The van der Waals surface area contributed by atoms with Crippen molar-refractivity contribution in [2.45, 2.75) is 0 Å². The average molecular weight is 389 g/mol. The number of hydrogen-bond acceptors (Lipinski definition) is 4. The molecule has 0 aliphatic rings. The maximum Gasteiger partial charge on any atom is 0.258 e. The van der Waals surface area contributed by atoms with Gasteiger partial charge in [0.05, 0.1) is 21.6 Å². The van der Waals surface area contributed by atoms with E-state index in [1.807, 2.05) is 12.1 Å². The number of rotatable bonds is 3. The van der Waals surface area contributed by atoms with E-state index in [1.165, 1.54) is 11.3 Å². The van der Waals surface area contributed by atoms with Gasteiger partial charge in [0.25, 0.3) is 5.91 Å². The number of pyridine rings is 1. The average Bonchev–Trinajstić information content (AvgIpc) is 3.21. The van der Waals surface area contributed by atoms with E-state index in [-0.39, 0.29) is 5.91 Å². The third kappa shape index (κ3) is 3.24. The summed E-state index contributed by atoms with van der Waals surface area (Å²) in [5, 5.41) is 5.18. The SMILES string of the molecule is O=C(Nc1ccc2nc(-c3ccc(Cl)cn3)[nH]c2c1)c1ccsc1Cl. The van der Waals surface area contributed by atoms with E-state index in [1.54, 1.807) is 35.8 Å². The molecule has 8 heteroatoms. The fraction of sp³-hybridized carbons (Fsp3) is 0. The number of anilines is 1. The van der Waals surface area contributed by atoms with Crippen LogP contribution >= 0.6 is 34.5 Å². The molecule has 0 aliphatic carbocycles. The highest BCUT2D eigenvalue weighted by Gasteiger charge is 2.13. The van der Waals surface area contributed by atoms with Gasteiger partial charge < -0.3 is 10.3 Å². The number of carbonyl (C=O) groups excluding carboxylic acids is 1. The van der Waals surface area contributed by atoms with Crippen LogP contribution in [0.15, 0.2) is 48.0 Å². The second-order valence-electron chi connectivity index (χ2n) is 5.24. The molecule has 0 unspecified atom stereocenters. The molecule has 1 aromatic carbocycles. The molecule has 5 nitrogen and oxygen atoms in total. The number of nitrogens with zero attached hydrogens (tertiary/aromatic N) is 2. The summed E-state index contributed by atoms with van der Waals surface area (Å²) in [5.74, 6) is 0.390. The number of aromatic amines is 1. The number of hydrogen-bond donors (Lipinski definition) is 2. The molecule has 0 fully saturated rings. The van der Waals surface area contributed by atoms with Crippen LogP contribution in [0.25, 0.3) is 22.6 Å². The highest BCUT2D eigenvalue weighted by molar-refractivity contribution is 7.14. The van der Waals surface area contributed by atoms with Crippen molar-refractivity contribution in [2.75, 3.05) is 5.32 Å². The maximum atomic E-state index is 12.3. The minimum Gasteiger partial charge on any atom is -0.337 e. The molecule has 3 aromatic heterocycles. The Morgan fingerprint density at radius 3 is 2.76 bits per heavy atom. The van der Waals surface area contributed by atoms with Gasteiger partial charge in [0, 0.05) is 11.9 Å². The lowest BCUT2D eigenvalue weighted by atomic mass is 10.2. The van der Waals surface area contributed by atoms with Gasteiger partial charge in [-0.1, -0.05) is 23.2 Å². The number of benzene rings is 1. The summed E-state index contributed by atoms with van der Waals surface area (Å²) in [6.45, 7) is 0. The smallest absolute Gasteiger partial charge is 0.258 e. The number of H-pyrrole nitrogens is 1. The van der Waals surface area contributed by atoms with Crippen LogP contribution in [0.3, 0.4) is 0 Å². The third-order valence-corrected chi connectivity index (χ3v) is 4.97. The van der Waals surface area contributed by atoms with Crippen LogP contribution in [-0.2, 0) is 0 Å². The molecule has 0 spiro atoms. The Morgan fingerprint density at radius 2 is 2.04 bits per heavy atom.